The Hall–Kier alpha value is -2.45. The first-order valence-electron chi connectivity index (χ1n) is 10.0. The first-order valence-corrected chi connectivity index (χ1v) is 10.0. The summed E-state index contributed by atoms with van der Waals surface area (Å²) in [4.78, 5) is 6.10. The van der Waals surface area contributed by atoms with Gasteiger partial charge in [-0.15, -0.1) is 0 Å². The largest absolute Gasteiger partial charge is 0.419 e. The average Bonchev–Trinajstić information content (AvgIpc) is 2.61. The van der Waals surface area contributed by atoms with Crippen molar-refractivity contribution in [2.24, 2.45) is 0 Å². The second-order valence-electron chi connectivity index (χ2n) is 7.76. The Balaban J connectivity index is 4.70. The lowest BCUT2D eigenvalue weighted by Gasteiger charge is -2.40. The van der Waals surface area contributed by atoms with Crippen molar-refractivity contribution >= 4 is 5.95 Å². The maximum atomic E-state index is 13.6. The van der Waals surface area contributed by atoms with Gasteiger partial charge in [0.15, 0.2) is 11.6 Å². The highest BCUT2D eigenvalue weighted by atomic mass is 19.4. The van der Waals surface area contributed by atoms with E-state index >= 15 is 0 Å². The fraction of sp³-hybridized carbons (Fsp3) is 0.824. The molecule has 39 heavy (non-hydrogen) atoms. The number of halogens is 18. The molecule has 0 saturated carbocycles. The number of aromatic nitrogens is 3. The molecular formula is C17H14F18N4. The molecule has 0 aromatic carbocycles. The maximum absolute atomic E-state index is 13.6. The van der Waals surface area contributed by atoms with Crippen molar-refractivity contribution < 1.29 is 79.0 Å². The predicted molar refractivity (Wildman–Crippen MR) is 92.3 cm³/mol. The monoisotopic (exact) mass is 616 g/mol. The van der Waals surface area contributed by atoms with E-state index in [4.69, 9.17) is 0 Å². The Kier molecular flexibility index (Phi) is 9.03. The molecule has 1 heterocycles. The summed E-state index contributed by atoms with van der Waals surface area (Å²) in [5.41, 5.74) is -14.9. The minimum absolute atomic E-state index is 0.205. The molecule has 0 fully saturated rings. The number of hydrogen-bond acceptors (Lipinski definition) is 4. The molecule has 0 radical (unpaired) electrons. The molecule has 1 rings (SSSR count). The van der Waals surface area contributed by atoms with E-state index in [0.29, 0.717) is 0 Å². The number of nitrogens with zero attached hydrogens (tertiary/aromatic N) is 4. The van der Waals surface area contributed by atoms with Crippen LogP contribution >= 0.6 is 0 Å². The third-order valence-corrected chi connectivity index (χ3v) is 5.12. The minimum Gasteiger partial charge on any atom is -0.341 e. The molecular weight excluding hydrogens is 602 g/mol. The lowest BCUT2D eigenvalue weighted by Crippen LogP contribution is -2.66. The van der Waals surface area contributed by atoms with Crippen LogP contribution in [0.15, 0.2) is 0 Å². The normalized spacial score (nSPS) is 15.1. The predicted octanol–water partition coefficient (Wildman–Crippen LogP) is 7.35. The number of anilines is 1. The number of rotatable bonds is 7. The molecule has 0 aliphatic rings. The molecule has 0 N–H and O–H groups in total. The molecule has 1 aromatic rings. The van der Waals surface area contributed by atoms with Crippen molar-refractivity contribution in [3.05, 3.63) is 11.6 Å². The summed E-state index contributed by atoms with van der Waals surface area (Å²) in [5, 5.41) is 0. The van der Waals surface area contributed by atoms with Crippen LogP contribution in [-0.4, -0.2) is 65.1 Å². The zero-order valence-corrected chi connectivity index (χ0v) is 18.9. The van der Waals surface area contributed by atoms with Gasteiger partial charge in [0.05, 0.1) is 0 Å². The lowest BCUT2D eigenvalue weighted by molar-refractivity contribution is -0.391. The zero-order valence-electron chi connectivity index (χ0n) is 18.9. The third kappa shape index (κ3) is 5.47. The summed E-state index contributed by atoms with van der Waals surface area (Å²) < 4.78 is 245. The topological polar surface area (TPSA) is 41.9 Å². The summed E-state index contributed by atoms with van der Waals surface area (Å²) >= 11 is 0. The van der Waals surface area contributed by atoms with Crippen molar-refractivity contribution in [1.29, 1.82) is 0 Å². The van der Waals surface area contributed by atoms with Crippen LogP contribution in [0, 0.1) is 0 Å². The zero-order chi connectivity index (χ0) is 31.3. The Labute approximate surface area is 205 Å². The quantitative estimate of drug-likeness (QED) is 0.301. The second kappa shape index (κ2) is 10.2. The minimum atomic E-state index is -7.70. The van der Waals surface area contributed by atoms with Gasteiger partial charge in [-0.25, -0.2) is 4.98 Å². The van der Waals surface area contributed by atoms with Crippen LogP contribution in [0.2, 0.25) is 0 Å². The molecule has 22 heteroatoms. The average molecular weight is 616 g/mol. The molecule has 0 saturated heterocycles. The summed E-state index contributed by atoms with van der Waals surface area (Å²) in [7, 11) is 0. The molecule has 0 bridgehead atoms. The Morgan fingerprint density at radius 2 is 0.667 bits per heavy atom. The lowest BCUT2D eigenvalue weighted by atomic mass is 9.82. The van der Waals surface area contributed by atoms with Crippen molar-refractivity contribution in [3.8, 4) is 0 Å². The third-order valence-electron chi connectivity index (χ3n) is 5.12. The second-order valence-corrected chi connectivity index (χ2v) is 7.76. The van der Waals surface area contributed by atoms with Crippen LogP contribution in [0.25, 0.3) is 0 Å². The van der Waals surface area contributed by atoms with Gasteiger partial charge in [-0.2, -0.15) is 89.0 Å². The van der Waals surface area contributed by atoms with Gasteiger partial charge in [-0.3, -0.25) is 0 Å². The molecule has 4 nitrogen and oxygen atoms in total. The van der Waals surface area contributed by atoms with Gasteiger partial charge >= 0.3 is 47.9 Å². The molecule has 0 amide bonds. The van der Waals surface area contributed by atoms with Crippen LogP contribution in [0.3, 0.4) is 0 Å². The Morgan fingerprint density at radius 3 is 0.846 bits per heavy atom. The van der Waals surface area contributed by atoms with Gasteiger partial charge in [0, 0.05) is 13.1 Å². The highest BCUT2D eigenvalue weighted by Gasteiger charge is 2.89. The van der Waals surface area contributed by atoms with E-state index in [1.807, 2.05) is 0 Å². The number of alkyl halides is 18. The SMILES string of the molecule is CCCN(CCC)c1nc(C(C(F)(F)F)(C(F)(F)F)C(F)(F)F)nc(C(C(F)(F)F)(C(F)(F)F)C(F)(F)F)n1. The Morgan fingerprint density at radius 1 is 0.436 bits per heavy atom. The van der Waals surface area contributed by atoms with Crippen molar-refractivity contribution in [3.63, 3.8) is 0 Å². The summed E-state index contributed by atoms with van der Waals surface area (Å²) in [6.45, 7) is 0.848. The van der Waals surface area contributed by atoms with E-state index in [9.17, 15) is 79.0 Å². The van der Waals surface area contributed by atoms with Crippen LogP contribution < -0.4 is 4.90 Å². The van der Waals surface area contributed by atoms with E-state index in [1.54, 1.807) is 0 Å². The van der Waals surface area contributed by atoms with Gasteiger partial charge in [0.1, 0.15) is 0 Å². The van der Waals surface area contributed by atoms with Gasteiger partial charge in [0.25, 0.3) is 0 Å². The fourth-order valence-corrected chi connectivity index (χ4v) is 3.42. The highest BCUT2D eigenvalue weighted by Crippen LogP contribution is 2.62. The molecule has 228 valence electrons. The maximum Gasteiger partial charge on any atom is 0.419 e. The van der Waals surface area contributed by atoms with Gasteiger partial charge in [-0.1, -0.05) is 13.8 Å². The van der Waals surface area contributed by atoms with Gasteiger partial charge in [-0.05, 0) is 12.8 Å². The van der Waals surface area contributed by atoms with Crippen molar-refractivity contribution in [2.45, 2.75) is 74.6 Å². The summed E-state index contributed by atoms with van der Waals surface area (Å²) in [6.07, 6.45) is -46.7. The van der Waals surface area contributed by atoms with Crippen LogP contribution in [0.1, 0.15) is 38.3 Å². The van der Waals surface area contributed by atoms with Crippen LogP contribution in [-0.2, 0) is 10.8 Å². The van der Waals surface area contributed by atoms with E-state index in [2.05, 4.69) is 9.97 Å². The standard InChI is InChI=1S/C17H14F18N4/c1-3-5-39(6-4-2)9-37-7(10(12(18,19)20,13(21,22)23)14(24,25)26)36-8(38-9)11(15(27,28)29,16(30,31)32)17(33,34)35/h3-6H2,1-2H3. The molecule has 0 atom stereocenters. The van der Waals surface area contributed by atoms with Crippen LogP contribution in [0.5, 0.6) is 0 Å². The smallest absolute Gasteiger partial charge is 0.341 e. The van der Waals surface area contributed by atoms with Gasteiger partial charge in [0.2, 0.25) is 5.95 Å². The van der Waals surface area contributed by atoms with Crippen LogP contribution in [0.4, 0.5) is 85.0 Å². The highest BCUT2D eigenvalue weighted by molar-refractivity contribution is 5.37. The van der Waals surface area contributed by atoms with E-state index in [0.717, 1.165) is 0 Å². The summed E-state index contributed by atoms with van der Waals surface area (Å²) in [6, 6.07) is 0. The van der Waals surface area contributed by atoms with E-state index < -0.39 is 78.6 Å². The van der Waals surface area contributed by atoms with Gasteiger partial charge < -0.3 is 4.90 Å². The van der Waals surface area contributed by atoms with Crippen molar-refractivity contribution in [1.82, 2.24) is 15.0 Å². The first kappa shape index (κ1) is 34.6. The summed E-state index contributed by atoms with van der Waals surface area (Å²) in [5.74, 6) is -9.99. The molecule has 0 unspecified atom stereocenters. The number of hydrogen-bond donors (Lipinski definition) is 0. The molecule has 1 aromatic heterocycles. The van der Waals surface area contributed by atoms with E-state index in [1.165, 1.54) is 18.8 Å². The molecule has 0 spiro atoms. The molecule has 0 aliphatic carbocycles. The van der Waals surface area contributed by atoms with Crippen molar-refractivity contribution in [2.75, 3.05) is 18.0 Å². The fourth-order valence-electron chi connectivity index (χ4n) is 3.42. The van der Waals surface area contributed by atoms with E-state index in [-0.39, 0.29) is 17.7 Å². The Bertz CT molecular complexity index is 836. The molecule has 0 aliphatic heterocycles. The first-order chi connectivity index (χ1) is 17.1.